The average Bonchev–Trinajstić information content (AvgIpc) is 2.81. The molecule has 0 aromatic rings. The molecule has 1 saturated carbocycles. The summed E-state index contributed by atoms with van der Waals surface area (Å²) in [5.41, 5.74) is 6.10. The molecule has 1 heterocycles. The van der Waals surface area contributed by atoms with Gasteiger partial charge in [0, 0.05) is 6.42 Å². The predicted octanol–water partition coefficient (Wildman–Crippen LogP) is 2.98. The fraction of sp³-hybridized carbons (Fsp3) is 0.846. The molecule has 0 radical (unpaired) electrons. The van der Waals surface area contributed by atoms with E-state index in [1.807, 2.05) is 0 Å². The normalized spacial score (nSPS) is 24.7. The molecule has 0 aromatic heterocycles. The van der Waals surface area contributed by atoms with Gasteiger partial charge in [0.1, 0.15) is 5.76 Å². The van der Waals surface area contributed by atoms with E-state index in [1.54, 1.807) is 0 Å². The molecule has 2 N–H and O–H groups in total. The van der Waals surface area contributed by atoms with Gasteiger partial charge in [-0.3, -0.25) is 0 Å². The van der Waals surface area contributed by atoms with Crippen molar-refractivity contribution in [2.75, 3.05) is 6.61 Å². The molecule has 1 unspecified atom stereocenters. The van der Waals surface area contributed by atoms with Gasteiger partial charge < -0.3 is 10.5 Å². The van der Waals surface area contributed by atoms with Crippen molar-refractivity contribution in [2.24, 2.45) is 11.7 Å². The largest absolute Gasteiger partial charge is 0.496 e. The van der Waals surface area contributed by atoms with Crippen LogP contribution < -0.4 is 5.73 Å². The highest BCUT2D eigenvalue weighted by Crippen LogP contribution is 2.28. The SMILES string of the molecule is NC(CCC1CCCCC1)C1=CCCO1. The van der Waals surface area contributed by atoms with Crippen LogP contribution in [-0.4, -0.2) is 12.6 Å². The lowest BCUT2D eigenvalue weighted by Gasteiger charge is -2.23. The predicted molar refractivity (Wildman–Crippen MR) is 62.4 cm³/mol. The van der Waals surface area contributed by atoms with Gasteiger partial charge in [-0.2, -0.15) is 0 Å². The van der Waals surface area contributed by atoms with E-state index in [9.17, 15) is 0 Å². The number of hydrogen-bond acceptors (Lipinski definition) is 2. The number of rotatable bonds is 4. The summed E-state index contributed by atoms with van der Waals surface area (Å²) >= 11 is 0. The highest BCUT2D eigenvalue weighted by Gasteiger charge is 2.18. The average molecular weight is 209 g/mol. The van der Waals surface area contributed by atoms with Gasteiger partial charge in [0.2, 0.25) is 0 Å². The molecule has 2 rings (SSSR count). The number of nitrogens with two attached hydrogens (primary N) is 1. The Kier molecular flexibility index (Phi) is 4.07. The monoisotopic (exact) mass is 209 g/mol. The zero-order chi connectivity index (χ0) is 10.5. The highest BCUT2D eigenvalue weighted by molar-refractivity contribution is 5.05. The van der Waals surface area contributed by atoms with E-state index in [1.165, 1.54) is 38.5 Å². The zero-order valence-corrected chi connectivity index (χ0v) is 9.58. The summed E-state index contributed by atoms with van der Waals surface area (Å²) < 4.78 is 5.49. The topological polar surface area (TPSA) is 35.2 Å². The fourth-order valence-corrected chi connectivity index (χ4v) is 2.73. The molecule has 0 bridgehead atoms. The molecular weight excluding hydrogens is 186 g/mol. The molecule has 1 fully saturated rings. The fourth-order valence-electron chi connectivity index (χ4n) is 2.73. The van der Waals surface area contributed by atoms with Crippen LogP contribution in [0.25, 0.3) is 0 Å². The van der Waals surface area contributed by atoms with Crippen LogP contribution in [-0.2, 0) is 4.74 Å². The third-order valence-electron chi connectivity index (χ3n) is 3.71. The van der Waals surface area contributed by atoms with Crippen LogP contribution in [0, 0.1) is 5.92 Å². The van der Waals surface area contributed by atoms with Crippen molar-refractivity contribution in [2.45, 2.75) is 57.4 Å². The van der Waals surface area contributed by atoms with Crippen molar-refractivity contribution in [3.05, 3.63) is 11.8 Å². The van der Waals surface area contributed by atoms with Crippen LogP contribution in [0.2, 0.25) is 0 Å². The summed E-state index contributed by atoms with van der Waals surface area (Å²) in [6.45, 7) is 0.840. The zero-order valence-electron chi connectivity index (χ0n) is 9.58. The molecule has 86 valence electrons. The van der Waals surface area contributed by atoms with E-state index in [-0.39, 0.29) is 6.04 Å². The Morgan fingerprint density at radius 1 is 1.33 bits per heavy atom. The lowest BCUT2D eigenvalue weighted by molar-refractivity contribution is 0.216. The van der Waals surface area contributed by atoms with Crippen molar-refractivity contribution in [1.82, 2.24) is 0 Å². The van der Waals surface area contributed by atoms with E-state index < -0.39 is 0 Å². The van der Waals surface area contributed by atoms with Crippen LogP contribution in [0.5, 0.6) is 0 Å². The molecule has 0 aromatic carbocycles. The summed E-state index contributed by atoms with van der Waals surface area (Å²) in [6.07, 6.45) is 12.8. The molecule has 0 saturated heterocycles. The maximum atomic E-state index is 6.10. The van der Waals surface area contributed by atoms with Gasteiger partial charge in [0.15, 0.2) is 0 Å². The molecule has 1 aliphatic heterocycles. The maximum absolute atomic E-state index is 6.10. The van der Waals surface area contributed by atoms with Gasteiger partial charge >= 0.3 is 0 Å². The quantitative estimate of drug-likeness (QED) is 0.772. The third-order valence-corrected chi connectivity index (χ3v) is 3.71. The van der Waals surface area contributed by atoms with E-state index in [0.29, 0.717) is 0 Å². The Bertz CT molecular complexity index is 219. The van der Waals surface area contributed by atoms with Gasteiger partial charge in [-0.15, -0.1) is 0 Å². The first-order valence-corrected chi connectivity index (χ1v) is 6.44. The third kappa shape index (κ3) is 3.23. The van der Waals surface area contributed by atoms with Crippen molar-refractivity contribution >= 4 is 0 Å². The Morgan fingerprint density at radius 3 is 2.80 bits per heavy atom. The van der Waals surface area contributed by atoms with Crippen molar-refractivity contribution in [3.63, 3.8) is 0 Å². The molecule has 1 aliphatic carbocycles. The Labute approximate surface area is 92.9 Å². The maximum Gasteiger partial charge on any atom is 0.109 e. The van der Waals surface area contributed by atoms with Gasteiger partial charge in [-0.1, -0.05) is 32.1 Å². The van der Waals surface area contributed by atoms with Crippen LogP contribution in [0.15, 0.2) is 11.8 Å². The number of ether oxygens (including phenoxy) is 1. The lowest BCUT2D eigenvalue weighted by atomic mass is 9.85. The van der Waals surface area contributed by atoms with Crippen LogP contribution in [0.4, 0.5) is 0 Å². The second kappa shape index (κ2) is 5.55. The van der Waals surface area contributed by atoms with E-state index in [4.69, 9.17) is 10.5 Å². The van der Waals surface area contributed by atoms with E-state index >= 15 is 0 Å². The summed E-state index contributed by atoms with van der Waals surface area (Å²) in [4.78, 5) is 0. The smallest absolute Gasteiger partial charge is 0.109 e. The Balaban J connectivity index is 1.67. The first kappa shape index (κ1) is 11.0. The number of hydrogen-bond donors (Lipinski definition) is 1. The van der Waals surface area contributed by atoms with E-state index in [0.717, 1.165) is 31.1 Å². The van der Waals surface area contributed by atoms with Crippen LogP contribution >= 0.6 is 0 Å². The van der Waals surface area contributed by atoms with Crippen molar-refractivity contribution in [1.29, 1.82) is 0 Å². The van der Waals surface area contributed by atoms with Crippen molar-refractivity contribution < 1.29 is 4.74 Å². The van der Waals surface area contributed by atoms with Gasteiger partial charge in [-0.25, -0.2) is 0 Å². The summed E-state index contributed by atoms with van der Waals surface area (Å²) in [5.74, 6) is 1.98. The minimum atomic E-state index is 0.162. The standard InChI is InChI=1S/C13H23NO/c14-12(13-7-4-10-15-13)9-8-11-5-2-1-3-6-11/h7,11-12H,1-6,8-10,14H2. The molecule has 0 spiro atoms. The Hall–Kier alpha value is -0.500. The molecular formula is C13H23NO. The summed E-state index contributed by atoms with van der Waals surface area (Å²) in [6, 6.07) is 0.162. The molecule has 15 heavy (non-hydrogen) atoms. The first-order chi connectivity index (χ1) is 7.36. The van der Waals surface area contributed by atoms with Gasteiger partial charge in [0.05, 0.1) is 12.6 Å². The second-order valence-electron chi connectivity index (χ2n) is 4.93. The van der Waals surface area contributed by atoms with Crippen LogP contribution in [0.3, 0.4) is 0 Å². The lowest BCUT2D eigenvalue weighted by Crippen LogP contribution is -2.24. The van der Waals surface area contributed by atoms with Gasteiger partial charge in [-0.05, 0) is 24.8 Å². The summed E-state index contributed by atoms with van der Waals surface area (Å²) in [7, 11) is 0. The molecule has 2 nitrogen and oxygen atoms in total. The van der Waals surface area contributed by atoms with Crippen molar-refractivity contribution in [3.8, 4) is 0 Å². The second-order valence-corrected chi connectivity index (χ2v) is 4.93. The first-order valence-electron chi connectivity index (χ1n) is 6.44. The van der Waals surface area contributed by atoms with Crippen LogP contribution in [0.1, 0.15) is 51.4 Å². The minimum absolute atomic E-state index is 0.162. The van der Waals surface area contributed by atoms with E-state index in [2.05, 4.69) is 6.08 Å². The molecule has 2 heteroatoms. The Morgan fingerprint density at radius 2 is 2.13 bits per heavy atom. The summed E-state index contributed by atoms with van der Waals surface area (Å²) in [5, 5.41) is 0. The van der Waals surface area contributed by atoms with Gasteiger partial charge in [0.25, 0.3) is 0 Å². The highest BCUT2D eigenvalue weighted by atomic mass is 16.5. The molecule has 0 amide bonds. The minimum Gasteiger partial charge on any atom is -0.496 e. The molecule has 1 atom stereocenters. The molecule has 2 aliphatic rings.